The molecule has 18 heavy (non-hydrogen) atoms. The van der Waals surface area contributed by atoms with Crippen molar-refractivity contribution in [2.24, 2.45) is 11.8 Å². The van der Waals surface area contributed by atoms with Crippen LogP contribution >= 0.6 is 0 Å². The van der Waals surface area contributed by atoms with E-state index in [0.29, 0.717) is 19.7 Å². The summed E-state index contributed by atoms with van der Waals surface area (Å²) in [5.74, 6) is -1.26. The van der Waals surface area contributed by atoms with Crippen LogP contribution in [-0.2, 0) is 9.53 Å². The molecule has 6 nitrogen and oxygen atoms in total. The third-order valence-electron chi connectivity index (χ3n) is 3.70. The van der Waals surface area contributed by atoms with Crippen molar-refractivity contribution >= 4 is 12.0 Å². The summed E-state index contributed by atoms with van der Waals surface area (Å²) in [5, 5.41) is 11.9. The second-order valence-electron chi connectivity index (χ2n) is 5.19. The number of rotatable bonds is 2. The van der Waals surface area contributed by atoms with E-state index in [1.54, 1.807) is 4.90 Å². The third kappa shape index (κ3) is 2.93. The Morgan fingerprint density at radius 3 is 2.72 bits per heavy atom. The smallest absolute Gasteiger partial charge is 0.317 e. The summed E-state index contributed by atoms with van der Waals surface area (Å²) in [4.78, 5) is 24.6. The van der Waals surface area contributed by atoms with Gasteiger partial charge in [0.2, 0.25) is 0 Å². The van der Waals surface area contributed by atoms with E-state index in [0.717, 1.165) is 19.4 Å². The lowest BCUT2D eigenvalue weighted by molar-refractivity contribution is -0.142. The van der Waals surface area contributed by atoms with Gasteiger partial charge in [-0.05, 0) is 18.8 Å². The first-order valence-electron chi connectivity index (χ1n) is 6.44. The highest BCUT2D eigenvalue weighted by Crippen LogP contribution is 2.23. The van der Waals surface area contributed by atoms with Gasteiger partial charge < -0.3 is 20.1 Å². The predicted octanol–water partition coefficient (Wildman–Crippen LogP) is 0.527. The highest BCUT2D eigenvalue weighted by Gasteiger charge is 2.37. The molecular formula is C12H20N2O4. The molecule has 2 rings (SSSR count). The van der Waals surface area contributed by atoms with E-state index in [-0.39, 0.29) is 18.0 Å². The number of carbonyl (C=O) groups excluding carboxylic acids is 1. The summed E-state index contributed by atoms with van der Waals surface area (Å²) in [6.07, 6.45) is 1.89. The Morgan fingerprint density at radius 2 is 2.17 bits per heavy atom. The maximum absolute atomic E-state index is 12.0. The molecule has 3 unspecified atom stereocenters. The van der Waals surface area contributed by atoms with Gasteiger partial charge in [-0.2, -0.15) is 0 Å². The van der Waals surface area contributed by atoms with Gasteiger partial charge in [0, 0.05) is 19.7 Å². The molecule has 0 spiro atoms. The number of nitrogens with zero attached hydrogens (tertiary/aromatic N) is 1. The minimum Gasteiger partial charge on any atom is -0.481 e. The number of carboxylic acids is 1. The lowest BCUT2D eigenvalue weighted by atomic mass is 9.99. The van der Waals surface area contributed by atoms with Gasteiger partial charge in [-0.15, -0.1) is 0 Å². The van der Waals surface area contributed by atoms with Gasteiger partial charge in [0.1, 0.15) is 0 Å². The number of aliphatic carboxylic acids is 1. The molecule has 0 aromatic carbocycles. The van der Waals surface area contributed by atoms with E-state index < -0.39 is 11.9 Å². The quantitative estimate of drug-likeness (QED) is 0.755. The molecule has 102 valence electrons. The molecular weight excluding hydrogens is 236 g/mol. The Kier molecular flexibility index (Phi) is 4.06. The van der Waals surface area contributed by atoms with Gasteiger partial charge in [0.05, 0.1) is 18.6 Å². The lowest BCUT2D eigenvalue weighted by Gasteiger charge is -2.26. The maximum atomic E-state index is 12.0. The van der Waals surface area contributed by atoms with Crippen molar-refractivity contribution < 1.29 is 19.4 Å². The fourth-order valence-electron chi connectivity index (χ4n) is 2.57. The Morgan fingerprint density at radius 1 is 1.39 bits per heavy atom. The average Bonchev–Trinajstić information content (AvgIpc) is 2.73. The van der Waals surface area contributed by atoms with Crippen molar-refractivity contribution in [2.45, 2.75) is 25.8 Å². The van der Waals surface area contributed by atoms with Crippen molar-refractivity contribution in [3.05, 3.63) is 0 Å². The van der Waals surface area contributed by atoms with Crippen LogP contribution in [0.15, 0.2) is 0 Å². The van der Waals surface area contributed by atoms with Gasteiger partial charge >= 0.3 is 12.0 Å². The Labute approximate surface area is 106 Å². The molecule has 0 aliphatic carbocycles. The monoisotopic (exact) mass is 256 g/mol. The summed E-state index contributed by atoms with van der Waals surface area (Å²) >= 11 is 0. The van der Waals surface area contributed by atoms with E-state index in [2.05, 4.69) is 5.32 Å². The summed E-state index contributed by atoms with van der Waals surface area (Å²) in [5.41, 5.74) is 0. The van der Waals surface area contributed by atoms with Gasteiger partial charge in [0.15, 0.2) is 0 Å². The first-order valence-corrected chi connectivity index (χ1v) is 6.44. The van der Waals surface area contributed by atoms with Crippen LogP contribution in [0.5, 0.6) is 0 Å². The summed E-state index contributed by atoms with van der Waals surface area (Å²) in [6, 6.07) is -0.105. The number of likely N-dealkylation sites (tertiary alicyclic amines) is 1. The van der Waals surface area contributed by atoms with E-state index in [1.807, 2.05) is 6.92 Å². The fraction of sp³-hybridized carbons (Fsp3) is 0.833. The third-order valence-corrected chi connectivity index (χ3v) is 3.70. The Bertz CT molecular complexity index is 328. The molecule has 2 N–H and O–H groups in total. The van der Waals surface area contributed by atoms with Gasteiger partial charge in [-0.3, -0.25) is 4.79 Å². The summed E-state index contributed by atoms with van der Waals surface area (Å²) in [7, 11) is 0. The molecule has 2 aliphatic rings. The van der Waals surface area contributed by atoms with Crippen molar-refractivity contribution in [2.75, 3.05) is 26.3 Å². The minimum atomic E-state index is -0.821. The highest BCUT2D eigenvalue weighted by atomic mass is 16.5. The van der Waals surface area contributed by atoms with Gasteiger partial charge in [0.25, 0.3) is 0 Å². The van der Waals surface area contributed by atoms with Crippen molar-refractivity contribution in [1.29, 1.82) is 0 Å². The predicted molar refractivity (Wildman–Crippen MR) is 64.2 cm³/mol. The van der Waals surface area contributed by atoms with Crippen LogP contribution in [0.25, 0.3) is 0 Å². The first-order chi connectivity index (χ1) is 8.58. The lowest BCUT2D eigenvalue weighted by Crippen LogP contribution is -2.47. The van der Waals surface area contributed by atoms with Crippen LogP contribution in [0, 0.1) is 11.8 Å². The minimum absolute atomic E-state index is 0.0101. The van der Waals surface area contributed by atoms with E-state index in [1.165, 1.54) is 0 Å². The molecule has 2 amide bonds. The molecule has 0 radical (unpaired) electrons. The number of ether oxygens (including phenoxy) is 1. The maximum Gasteiger partial charge on any atom is 0.317 e. The van der Waals surface area contributed by atoms with Crippen LogP contribution in [-0.4, -0.2) is 54.4 Å². The second kappa shape index (κ2) is 5.56. The number of carboxylic acid groups (broad SMARTS) is 1. The Balaban J connectivity index is 1.84. The normalized spacial score (nSPS) is 32.3. The average molecular weight is 256 g/mol. The molecule has 0 saturated carbocycles. The SMILES string of the molecule is CC1CN(C(=O)NC2CCCOC2)CC1C(=O)O. The first kappa shape index (κ1) is 13.1. The van der Waals surface area contributed by atoms with Crippen molar-refractivity contribution in [3.8, 4) is 0 Å². The number of carbonyl (C=O) groups is 2. The number of hydrogen-bond donors (Lipinski definition) is 2. The second-order valence-corrected chi connectivity index (χ2v) is 5.19. The molecule has 3 atom stereocenters. The van der Waals surface area contributed by atoms with Crippen molar-refractivity contribution in [1.82, 2.24) is 10.2 Å². The molecule has 0 bridgehead atoms. The molecule has 0 aromatic heterocycles. The summed E-state index contributed by atoms with van der Waals surface area (Å²) in [6.45, 7) is 3.99. The van der Waals surface area contributed by atoms with E-state index in [9.17, 15) is 9.59 Å². The van der Waals surface area contributed by atoms with Crippen LogP contribution in [0.1, 0.15) is 19.8 Å². The van der Waals surface area contributed by atoms with Crippen LogP contribution < -0.4 is 5.32 Å². The fourth-order valence-corrected chi connectivity index (χ4v) is 2.57. The molecule has 6 heteroatoms. The summed E-state index contributed by atoms with van der Waals surface area (Å²) < 4.78 is 5.30. The van der Waals surface area contributed by atoms with E-state index >= 15 is 0 Å². The molecule has 2 aliphatic heterocycles. The van der Waals surface area contributed by atoms with Crippen LogP contribution in [0.3, 0.4) is 0 Å². The standard InChI is InChI=1S/C12H20N2O4/c1-8-5-14(6-10(8)11(15)16)12(17)13-9-3-2-4-18-7-9/h8-10H,2-7H2,1H3,(H,13,17)(H,15,16). The van der Waals surface area contributed by atoms with Gasteiger partial charge in [-0.25, -0.2) is 4.79 Å². The molecule has 2 saturated heterocycles. The molecule has 2 fully saturated rings. The number of nitrogens with one attached hydrogen (secondary N) is 1. The van der Waals surface area contributed by atoms with E-state index in [4.69, 9.17) is 9.84 Å². The molecule has 2 heterocycles. The largest absolute Gasteiger partial charge is 0.481 e. The zero-order chi connectivity index (χ0) is 13.1. The zero-order valence-corrected chi connectivity index (χ0v) is 10.6. The zero-order valence-electron chi connectivity index (χ0n) is 10.6. The van der Waals surface area contributed by atoms with Gasteiger partial charge in [-0.1, -0.05) is 6.92 Å². The van der Waals surface area contributed by atoms with Crippen LogP contribution in [0.4, 0.5) is 4.79 Å². The number of urea groups is 1. The Hall–Kier alpha value is -1.30. The topological polar surface area (TPSA) is 78.9 Å². The van der Waals surface area contributed by atoms with Crippen molar-refractivity contribution in [3.63, 3.8) is 0 Å². The molecule has 0 aromatic rings. The number of amides is 2. The highest BCUT2D eigenvalue weighted by molar-refractivity contribution is 5.77. The number of hydrogen-bond acceptors (Lipinski definition) is 3. The van der Waals surface area contributed by atoms with Crippen LogP contribution in [0.2, 0.25) is 0 Å².